The zero-order chi connectivity index (χ0) is 15.0. The number of para-hydroxylation sites is 1. The SMILES string of the molecule is C=CCNCC(C)N(C)C(C)Cc1ccccc1OC. The van der Waals surface area contributed by atoms with Gasteiger partial charge in [0.1, 0.15) is 5.75 Å². The van der Waals surface area contributed by atoms with Gasteiger partial charge in [0.05, 0.1) is 7.11 Å². The zero-order valence-electron chi connectivity index (χ0n) is 13.2. The summed E-state index contributed by atoms with van der Waals surface area (Å²) < 4.78 is 5.42. The second-order valence-electron chi connectivity index (χ2n) is 5.33. The Morgan fingerprint density at radius 1 is 1.30 bits per heavy atom. The van der Waals surface area contributed by atoms with Crippen LogP contribution in [-0.2, 0) is 6.42 Å². The second kappa shape index (κ2) is 8.77. The molecule has 3 nitrogen and oxygen atoms in total. The van der Waals surface area contributed by atoms with Crippen LogP contribution in [0, 0.1) is 0 Å². The minimum atomic E-state index is 0.465. The molecule has 0 aliphatic carbocycles. The van der Waals surface area contributed by atoms with E-state index >= 15 is 0 Å². The van der Waals surface area contributed by atoms with E-state index in [1.807, 2.05) is 18.2 Å². The topological polar surface area (TPSA) is 24.5 Å². The lowest BCUT2D eigenvalue weighted by Crippen LogP contribution is -2.43. The lowest BCUT2D eigenvalue weighted by atomic mass is 10.0. The van der Waals surface area contributed by atoms with E-state index in [0.717, 1.165) is 25.3 Å². The first-order chi connectivity index (χ1) is 9.60. The maximum absolute atomic E-state index is 5.42. The first kappa shape index (κ1) is 16.7. The third-order valence-electron chi connectivity index (χ3n) is 3.83. The molecule has 0 bridgehead atoms. The standard InChI is InChI=1S/C17H28N2O/c1-6-11-18-13-15(3)19(4)14(2)12-16-9-7-8-10-17(16)20-5/h6-10,14-15,18H,1,11-13H2,2-5H3. The van der Waals surface area contributed by atoms with Crippen LogP contribution in [0.2, 0.25) is 0 Å². The molecule has 20 heavy (non-hydrogen) atoms. The van der Waals surface area contributed by atoms with Gasteiger partial charge in [-0.2, -0.15) is 0 Å². The fourth-order valence-corrected chi connectivity index (χ4v) is 2.31. The molecule has 0 radical (unpaired) electrons. The van der Waals surface area contributed by atoms with E-state index in [1.165, 1.54) is 5.56 Å². The number of ether oxygens (including phenoxy) is 1. The van der Waals surface area contributed by atoms with Gasteiger partial charge in [-0.3, -0.25) is 4.90 Å². The predicted octanol–water partition coefficient (Wildman–Crippen LogP) is 2.72. The molecule has 2 atom stereocenters. The van der Waals surface area contributed by atoms with Crippen LogP contribution in [-0.4, -0.2) is 44.2 Å². The molecule has 1 aromatic carbocycles. The summed E-state index contributed by atoms with van der Waals surface area (Å²) in [7, 11) is 3.91. The number of hydrogen-bond acceptors (Lipinski definition) is 3. The van der Waals surface area contributed by atoms with Crippen molar-refractivity contribution in [2.45, 2.75) is 32.4 Å². The van der Waals surface area contributed by atoms with Crippen LogP contribution >= 0.6 is 0 Å². The number of rotatable bonds is 9. The molecule has 0 spiro atoms. The maximum Gasteiger partial charge on any atom is 0.122 e. The van der Waals surface area contributed by atoms with Gasteiger partial charge in [0.25, 0.3) is 0 Å². The molecule has 1 N–H and O–H groups in total. The van der Waals surface area contributed by atoms with E-state index in [4.69, 9.17) is 4.74 Å². The fraction of sp³-hybridized carbons (Fsp3) is 0.529. The minimum absolute atomic E-state index is 0.465. The van der Waals surface area contributed by atoms with Gasteiger partial charge in [0.2, 0.25) is 0 Å². The smallest absolute Gasteiger partial charge is 0.122 e. The summed E-state index contributed by atoms with van der Waals surface area (Å²) in [6, 6.07) is 9.20. The molecular formula is C17H28N2O. The van der Waals surface area contributed by atoms with Crippen molar-refractivity contribution >= 4 is 0 Å². The maximum atomic E-state index is 5.42. The Labute approximate surface area is 123 Å². The van der Waals surface area contributed by atoms with Gasteiger partial charge in [-0.1, -0.05) is 24.3 Å². The third-order valence-corrected chi connectivity index (χ3v) is 3.83. The Kier molecular flexibility index (Phi) is 7.34. The van der Waals surface area contributed by atoms with E-state index in [-0.39, 0.29) is 0 Å². The number of nitrogens with one attached hydrogen (secondary N) is 1. The Hall–Kier alpha value is -1.32. The summed E-state index contributed by atoms with van der Waals surface area (Å²) in [5, 5.41) is 3.37. The lowest BCUT2D eigenvalue weighted by Gasteiger charge is -2.31. The van der Waals surface area contributed by atoms with Crippen LogP contribution in [0.15, 0.2) is 36.9 Å². The van der Waals surface area contributed by atoms with Crippen molar-refractivity contribution in [3.8, 4) is 5.75 Å². The molecule has 0 saturated heterocycles. The first-order valence-electron chi connectivity index (χ1n) is 7.25. The van der Waals surface area contributed by atoms with Crippen LogP contribution in [0.25, 0.3) is 0 Å². The monoisotopic (exact) mass is 276 g/mol. The van der Waals surface area contributed by atoms with Gasteiger partial charge in [0, 0.05) is 25.2 Å². The summed E-state index contributed by atoms with van der Waals surface area (Å²) in [5.41, 5.74) is 1.26. The van der Waals surface area contributed by atoms with Gasteiger partial charge < -0.3 is 10.1 Å². The van der Waals surface area contributed by atoms with Crippen molar-refractivity contribution in [1.29, 1.82) is 0 Å². The summed E-state index contributed by atoms with van der Waals surface area (Å²) in [5.74, 6) is 0.977. The Morgan fingerprint density at radius 3 is 2.65 bits per heavy atom. The molecule has 1 aromatic rings. The average molecular weight is 276 g/mol. The van der Waals surface area contributed by atoms with Crippen LogP contribution in [0.5, 0.6) is 5.75 Å². The molecule has 0 saturated carbocycles. The third kappa shape index (κ3) is 4.99. The first-order valence-corrected chi connectivity index (χ1v) is 7.25. The molecule has 1 rings (SSSR count). The highest BCUT2D eigenvalue weighted by molar-refractivity contribution is 5.33. The lowest BCUT2D eigenvalue weighted by molar-refractivity contribution is 0.191. The minimum Gasteiger partial charge on any atom is -0.496 e. The predicted molar refractivity (Wildman–Crippen MR) is 86.5 cm³/mol. The highest BCUT2D eigenvalue weighted by Gasteiger charge is 2.17. The van der Waals surface area contributed by atoms with Crippen molar-refractivity contribution < 1.29 is 4.74 Å². The van der Waals surface area contributed by atoms with E-state index in [2.05, 4.69) is 49.8 Å². The van der Waals surface area contributed by atoms with Crippen molar-refractivity contribution in [1.82, 2.24) is 10.2 Å². The van der Waals surface area contributed by atoms with Gasteiger partial charge in [0.15, 0.2) is 0 Å². The molecular weight excluding hydrogens is 248 g/mol. The van der Waals surface area contributed by atoms with Crippen molar-refractivity contribution in [3.05, 3.63) is 42.5 Å². The highest BCUT2D eigenvalue weighted by Crippen LogP contribution is 2.20. The Morgan fingerprint density at radius 2 is 2.00 bits per heavy atom. The number of hydrogen-bond donors (Lipinski definition) is 1. The number of nitrogens with zero attached hydrogens (tertiary/aromatic N) is 1. The molecule has 3 heteroatoms. The van der Waals surface area contributed by atoms with Crippen LogP contribution in [0.1, 0.15) is 19.4 Å². The molecule has 0 fully saturated rings. The second-order valence-corrected chi connectivity index (χ2v) is 5.33. The van der Waals surface area contributed by atoms with Gasteiger partial charge in [-0.15, -0.1) is 6.58 Å². The average Bonchev–Trinajstić information content (AvgIpc) is 2.47. The largest absolute Gasteiger partial charge is 0.496 e. The van der Waals surface area contributed by atoms with Crippen LogP contribution < -0.4 is 10.1 Å². The zero-order valence-corrected chi connectivity index (χ0v) is 13.2. The van der Waals surface area contributed by atoms with E-state index in [1.54, 1.807) is 7.11 Å². The van der Waals surface area contributed by atoms with Crippen molar-refractivity contribution in [2.75, 3.05) is 27.2 Å². The Balaban J connectivity index is 2.56. The quantitative estimate of drug-likeness (QED) is 0.554. The normalized spacial score (nSPS) is 14.1. The number of likely N-dealkylation sites (N-methyl/N-ethyl adjacent to an activating group) is 1. The van der Waals surface area contributed by atoms with Crippen LogP contribution in [0.3, 0.4) is 0 Å². The molecule has 0 aromatic heterocycles. The Bertz CT molecular complexity index is 406. The summed E-state index contributed by atoms with van der Waals surface area (Å²) >= 11 is 0. The summed E-state index contributed by atoms with van der Waals surface area (Å²) in [6.45, 7) is 10.1. The molecule has 0 heterocycles. The van der Waals surface area contributed by atoms with Crippen molar-refractivity contribution in [2.24, 2.45) is 0 Å². The van der Waals surface area contributed by atoms with Crippen molar-refractivity contribution in [3.63, 3.8) is 0 Å². The summed E-state index contributed by atoms with van der Waals surface area (Å²) in [4.78, 5) is 2.41. The number of methoxy groups -OCH3 is 1. The molecule has 2 unspecified atom stereocenters. The molecule has 0 aliphatic rings. The molecule has 0 amide bonds. The van der Waals surface area contributed by atoms with Crippen LogP contribution in [0.4, 0.5) is 0 Å². The van der Waals surface area contributed by atoms with Gasteiger partial charge >= 0.3 is 0 Å². The molecule has 0 aliphatic heterocycles. The summed E-state index contributed by atoms with van der Waals surface area (Å²) in [6.07, 6.45) is 2.89. The van der Waals surface area contributed by atoms with E-state index < -0.39 is 0 Å². The highest BCUT2D eigenvalue weighted by atomic mass is 16.5. The van der Waals surface area contributed by atoms with Gasteiger partial charge in [-0.25, -0.2) is 0 Å². The van der Waals surface area contributed by atoms with E-state index in [9.17, 15) is 0 Å². The van der Waals surface area contributed by atoms with Gasteiger partial charge in [-0.05, 0) is 38.9 Å². The fourth-order valence-electron chi connectivity index (χ4n) is 2.31. The number of benzene rings is 1. The van der Waals surface area contributed by atoms with E-state index in [0.29, 0.717) is 12.1 Å². The molecule has 112 valence electrons.